The minimum atomic E-state index is -0.329. The third-order valence-electron chi connectivity index (χ3n) is 2.86. The molecule has 0 saturated carbocycles. The van der Waals surface area contributed by atoms with E-state index < -0.39 is 0 Å². The van der Waals surface area contributed by atoms with Crippen molar-refractivity contribution < 1.29 is 18.6 Å². The predicted molar refractivity (Wildman–Crippen MR) is 71.5 cm³/mol. The lowest BCUT2D eigenvalue weighted by molar-refractivity contribution is 0.377. The van der Waals surface area contributed by atoms with Crippen LogP contribution in [-0.4, -0.2) is 21.3 Å². The van der Waals surface area contributed by atoms with E-state index in [0.717, 1.165) is 0 Å². The topological polar surface area (TPSA) is 27.7 Å². The normalized spacial score (nSPS) is 10.1. The molecule has 0 radical (unpaired) electrons. The van der Waals surface area contributed by atoms with Crippen molar-refractivity contribution in [3.8, 4) is 28.4 Å². The lowest BCUT2D eigenvalue weighted by Gasteiger charge is -2.15. The molecule has 0 amide bonds. The summed E-state index contributed by atoms with van der Waals surface area (Å²) in [6.07, 6.45) is 0. The van der Waals surface area contributed by atoms with E-state index in [1.165, 1.54) is 20.3 Å². The van der Waals surface area contributed by atoms with E-state index in [2.05, 4.69) is 0 Å². The summed E-state index contributed by atoms with van der Waals surface area (Å²) in [4.78, 5) is 0. The number of halogens is 1. The van der Waals surface area contributed by atoms with Crippen molar-refractivity contribution >= 4 is 0 Å². The number of ether oxygens (including phenoxy) is 3. The highest BCUT2D eigenvalue weighted by Crippen LogP contribution is 2.42. The summed E-state index contributed by atoms with van der Waals surface area (Å²) in [6, 6.07) is 9.89. The van der Waals surface area contributed by atoms with Crippen molar-refractivity contribution in [3.63, 3.8) is 0 Å². The number of hydrogen-bond acceptors (Lipinski definition) is 3. The van der Waals surface area contributed by atoms with Gasteiger partial charge in [-0.3, -0.25) is 0 Å². The van der Waals surface area contributed by atoms with Crippen LogP contribution in [0, 0.1) is 5.82 Å². The van der Waals surface area contributed by atoms with Gasteiger partial charge >= 0.3 is 0 Å². The quantitative estimate of drug-likeness (QED) is 0.843. The summed E-state index contributed by atoms with van der Waals surface area (Å²) in [5.74, 6) is 1.26. The van der Waals surface area contributed by atoms with Crippen LogP contribution in [0.15, 0.2) is 36.4 Å². The molecule has 0 spiro atoms. The Kier molecular flexibility index (Phi) is 3.90. The zero-order valence-electron chi connectivity index (χ0n) is 11.1. The Morgan fingerprint density at radius 3 is 1.89 bits per heavy atom. The van der Waals surface area contributed by atoms with Crippen molar-refractivity contribution in [2.24, 2.45) is 0 Å². The van der Waals surface area contributed by atoms with Gasteiger partial charge in [-0.1, -0.05) is 18.2 Å². The molecule has 0 aliphatic carbocycles. The van der Waals surface area contributed by atoms with Crippen LogP contribution in [0.1, 0.15) is 0 Å². The van der Waals surface area contributed by atoms with Crippen molar-refractivity contribution in [2.75, 3.05) is 21.3 Å². The van der Waals surface area contributed by atoms with Gasteiger partial charge in [-0.25, -0.2) is 4.39 Å². The molecule has 3 nitrogen and oxygen atoms in total. The fraction of sp³-hybridized carbons (Fsp3) is 0.200. The standard InChI is InChI=1S/C15H15FO3/c1-17-10-8-13(18-2)15(14(9-10)19-3)11-6-4-5-7-12(11)16/h4-9H,1-3H3. The molecule has 100 valence electrons. The van der Waals surface area contributed by atoms with Gasteiger partial charge < -0.3 is 14.2 Å². The lowest BCUT2D eigenvalue weighted by atomic mass is 10.0. The molecule has 0 saturated heterocycles. The summed E-state index contributed by atoms with van der Waals surface area (Å²) in [6.45, 7) is 0. The lowest BCUT2D eigenvalue weighted by Crippen LogP contribution is -1.96. The van der Waals surface area contributed by atoms with Gasteiger partial charge in [-0.15, -0.1) is 0 Å². The van der Waals surface area contributed by atoms with Crippen LogP contribution in [0.4, 0.5) is 4.39 Å². The summed E-state index contributed by atoms with van der Waals surface area (Å²) in [5.41, 5.74) is 1.00. The highest BCUT2D eigenvalue weighted by atomic mass is 19.1. The van der Waals surface area contributed by atoms with Crippen molar-refractivity contribution in [1.29, 1.82) is 0 Å². The van der Waals surface area contributed by atoms with Crippen LogP contribution < -0.4 is 14.2 Å². The first-order chi connectivity index (χ1) is 9.21. The summed E-state index contributed by atoms with van der Waals surface area (Å²) in [5, 5.41) is 0. The van der Waals surface area contributed by atoms with Crippen LogP contribution in [0.2, 0.25) is 0 Å². The smallest absolute Gasteiger partial charge is 0.134 e. The Hall–Kier alpha value is -2.23. The fourth-order valence-electron chi connectivity index (χ4n) is 1.94. The van der Waals surface area contributed by atoms with Crippen molar-refractivity contribution in [2.45, 2.75) is 0 Å². The maximum Gasteiger partial charge on any atom is 0.134 e. The molecular weight excluding hydrogens is 247 g/mol. The Morgan fingerprint density at radius 2 is 1.42 bits per heavy atom. The highest BCUT2D eigenvalue weighted by Gasteiger charge is 2.17. The Labute approximate surface area is 111 Å². The zero-order chi connectivity index (χ0) is 13.8. The van der Waals surface area contributed by atoms with Crippen molar-refractivity contribution in [1.82, 2.24) is 0 Å². The molecule has 19 heavy (non-hydrogen) atoms. The number of methoxy groups -OCH3 is 3. The van der Waals surface area contributed by atoms with E-state index in [1.807, 2.05) is 0 Å². The highest BCUT2D eigenvalue weighted by molar-refractivity contribution is 5.78. The SMILES string of the molecule is COc1cc(OC)c(-c2ccccc2F)c(OC)c1. The summed E-state index contributed by atoms with van der Waals surface area (Å²) in [7, 11) is 4.61. The molecule has 0 bridgehead atoms. The van der Waals surface area contributed by atoms with Crippen molar-refractivity contribution in [3.05, 3.63) is 42.2 Å². The van der Waals surface area contributed by atoms with Gasteiger partial charge in [0.1, 0.15) is 23.1 Å². The third-order valence-corrected chi connectivity index (χ3v) is 2.86. The van der Waals surface area contributed by atoms with E-state index in [4.69, 9.17) is 14.2 Å². The summed E-state index contributed by atoms with van der Waals surface area (Å²) < 4.78 is 29.7. The molecule has 0 aliphatic rings. The molecule has 0 atom stereocenters. The van der Waals surface area contributed by atoms with Crippen LogP contribution in [0.25, 0.3) is 11.1 Å². The monoisotopic (exact) mass is 262 g/mol. The zero-order valence-corrected chi connectivity index (χ0v) is 11.1. The van der Waals surface area contributed by atoms with Gasteiger partial charge in [0, 0.05) is 17.7 Å². The first-order valence-electron chi connectivity index (χ1n) is 5.76. The molecule has 0 heterocycles. The molecule has 2 aromatic rings. The fourth-order valence-corrected chi connectivity index (χ4v) is 1.94. The van der Waals surface area contributed by atoms with Crippen LogP contribution in [0.5, 0.6) is 17.2 Å². The predicted octanol–water partition coefficient (Wildman–Crippen LogP) is 3.52. The van der Waals surface area contributed by atoms with Crippen LogP contribution in [-0.2, 0) is 0 Å². The van der Waals surface area contributed by atoms with Crippen LogP contribution >= 0.6 is 0 Å². The molecule has 0 aliphatic heterocycles. The second kappa shape index (κ2) is 5.61. The first kappa shape index (κ1) is 13.2. The Morgan fingerprint density at radius 1 is 0.842 bits per heavy atom. The van der Waals surface area contributed by atoms with Gasteiger partial charge in [0.25, 0.3) is 0 Å². The number of hydrogen-bond donors (Lipinski definition) is 0. The maximum absolute atomic E-state index is 13.9. The molecule has 0 aromatic heterocycles. The first-order valence-corrected chi connectivity index (χ1v) is 5.76. The molecule has 2 rings (SSSR count). The number of benzene rings is 2. The second-order valence-corrected chi connectivity index (χ2v) is 3.89. The molecular formula is C15H15FO3. The van der Waals surface area contributed by atoms with Gasteiger partial charge in [0.15, 0.2) is 0 Å². The average molecular weight is 262 g/mol. The van der Waals surface area contributed by atoms with E-state index in [-0.39, 0.29) is 5.82 Å². The van der Waals surface area contributed by atoms with E-state index in [9.17, 15) is 4.39 Å². The van der Waals surface area contributed by atoms with E-state index >= 15 is 0 Å². The Balaban J connectivity index is 2.71. The molecule has 2 aromatic carbocycles. The van der Waals surface area contributed by atoms with Gasteiger partial charge in [-0.05, 0) is 6.07 Å². The molecule has 4 heteroatoms. The number of rotatable bonds is 4. The molecule has 0 fully saturated rings. The molecule has 0 unspecified atom stereocenters. The maximum atomic E-state index is 13.9. The minimum absolute atomic E-state index is 0.329. The third kappa shape index (κ3) is 2.47. The van der Waals surface area contributed by atoms with Gasteiger partial charge in [0.05, 0.1) is 26.9 Å². The summed E-state index contributed by atoms with van der Waals surface area (Å²) >= 11 is 0. The molecule has 0 N–H and O–H groups in total. The Bertz CT molecular complexity index is 556. The van der Waals surface area contributed by atoms with Crippen LogP contribution in [0.3, 0.4) is 0 Å². The second-order valence-electron chi connectivity index (χ2n) is 3.89. The van der Waals surface area contributed by atoms with Gasteiger partial charge in [-0.2, -0.15) is 0 Å². The van der Waals surface area contributed by atoms with Gasteiger partial charge in [0.2, 0.25) is 0 Å². The largest absolute Gasteiger partial charge is 0.496 e. The van der Waals surface area contributed by atoms with E-state index in [1.54, 1.807) is 37.4 Å². The average Bonchev–Trinajstić information content (AvgIpc) is 2.46. The van der Waals surface area contributed by atoms with E-state index in [0.29, 0.717) is 28.4 Å². The minimum Gasteiger partial charge on any atom is -0.496 e.